The predicted octanol–water partition coefficient (Wildman–Crippen LogP) is 3.04. The lowest BCUT2D eigenvalue weighted by atomic mass is 9.96. The highest BCUT2D eigenvalue weighted by Gasteiger charge is 2.17. The van der Waals surface area contributed by atoms with Crippen molar-refractivity contribution in [1.82, 2.24) is 16.2 Å². The van der Waals surface area contributed by atoms with Crippen LogP contribution in [0.25, 0.3) is 0 Å². The Morgan fingerprint density at radius 1 is 1.30 bits per heavy atom. The van der Waals surface area contributed by atoms with Crippen LogP contribution in [0.4, 0.5) is 0 Å². The van der Waals surface area contributed by atoms with E-state index >= 15 is 0 Å². The molecule has 1 aromatic rings. The van der Waals surface area contributed by atoms with E-state index < -0.39 is 6.10 Å². The maximum Gasteiger partial charge on any atom is 0.279 e. The van der Waals surface area contributed by atoms with E-state index in [0.29, 0.717) is 16.9 Å². The van der Waals surface area contributed by atoms with Crippen LogP contribution in [0.2, 0.25) is 0 Å². The molecule has 1 saturated carbocycles. The van der Waals surface area contributed by atoms with Crippen LogP contribution in [-0.4, -0.2) is 23.2 Å². The Morgan fingerprint density at radius 3 is 2.74 bits per heavy atom. The number of halogens is 1. The summed E-state index contributed by atoms with van der Waals surface area (Å²) in [5.74, 6) is 0.350. The summed E-state index contributed by atoms with van der Waals surface area (Å²) >= 11 is 8.57. The number of hydrazine groups is 1. The maximum absolute atomic E-state index is 12.0. The molecule has 0 aliphatic heterocycles. The van der Waals surface area contributed by atoms with E-state index in [1.807, 2.05) is 18.2 Å². The zero-order chi connectivity index (χ0) is 16.7. The Kier molecular flexibility index (Phi) is 7.11. The molecule has 0 saturated heterocycles. The van der Waals surface area contributed by atoms with Gasteiger partial charge in [-0.1, -0.05) is 41.3 Å². The predicted molar refractivity (Wildman–Crippen MR) is 98.1 cm³/mol. The van der Waals surface area contributed by atoms with E-state index in [-0.39, 0.29) is 5.91 Å². The summed E-state index contributed by atoms with van der Waals surface area (Å²) in [7, 11) is 0. The second kappa shape index (κ2) is 9.08. The first-order valence-electron chi connectivity index (χ1n) is 7.83. The van der Waals surface area contributed by atoms with Gasteiger partial charge in [0.25, 0.3) is 5.91 Å². The van der Waals surface area contributed by atoms with Gasteiger partial charge in [-0.05, 0) is 50.2 Å². The molecule has 1 amide bonds. The molecule has 1 aliphatic rings. The standard InChI is InChI=1S/C16H22BrN3O2S/c1-11(22-14-9-5-6-12(17)10-14)15(21)19-20-16(23)18-13-7-3-2-4-8-13/h5-6,9-11,13H,2-4,7-8H2,1H3,(H,19,21)(H2,18,20,23)/t11-/m0/s1. The molecule has 0 aromatic heterocycles. The van der Waals surface area contributed by atoms with Crippen molar-refractivity contribution in [1.29, 1.82) is 0 Å². The number of carbonyl (C=O) groups excluding carboxylic acids is 1. The average Bonchev–Trinajstić information content (AvgIpc) is 2.53. The van der Waals surface area contributed by atoms with Gasteiger partial charge in [0.05, 0.1) is 0 Å². The van der Waals surface area contributed by atoms with Crippen molar-refractivity contribution in [2.75, 3.05) is 0 Å². The lowest BCUT2D eigenvalue weighted by Gasteiger charge is -2.24. The second-order valence-electron chi connectivity index (χ2n) is 5.64. The van der Waals surface area contributed by atoms with E-state index in [2.05, 4.69) is 32.1 Å². The van der Waals surface area contributed by atoms with E-state index in [4.69, 9.17) is 17.0 Å². The van der Waals surface area contributed by atoms with Gasteiger partial charge in [0.15, 0.2) is 11.2 Å². The molecule has 23 heavy (non-hydrogen) atoms. The number of ether oxygens (including phenoxy) is 1. The number of hydrogen-bond donors (Lipinski definition) is 3. The van der Waals surface area contributed by atoms with Crippen LogP contribution in [0, 0.1) is 0 Å². The van der Waals surface area contributed by atoms with Gasteiger partial charge in [0, 0.05) is 10.5 Å². The Labute approximate surface area is 150 Å². The molecule has 1 fully saturated rings. The highest BCUT2D eigenvalue weighted by atomic mass is 79.9. The minimum atomic E-state index is -0.630. The molecule has 2 rings (SSSR count). The van der Waals surface area contributed by atoms with Gasteiger partial charge < -0.3 is 10.1 Å². The summed E-state index contributed by atoms with van der Waals surface area (Å²) < 4.78 is 6.49. The molecule has 0 radical (unpaired) electrons. The quantitative estimate of drug-likeness (QED) is 0.536. The SMILES string of the molecule is C[C@H](Oc1cccc(Br)c1)C(=O)NNC(=S)NC1CCCCC1. The van der Waals surface area contributed by atoms with Crippen molar-refractivity contribution in [2.45, 2.75) is 51.2 Å². The van der Waals surface area contributed by atoms with Crippen molar-refractivity contribution in [3.63, 3.8) is 0 Å². The van der Waals surface area contributed by atoms with Gasteiger partial charge in [0.1, 0.15) is 5.75 Å². The molecule has 5 nitrogen and oxygen atoms in total. The molecule has 0 heterocycles. The van der Waals surface area contributed by atoms with Crippen LogP contribution in [0.1, 0.15) is 39.0 Å². The number of hydrogen-bond acceptors (Lipinski definition) is 3. The minimum Gasteiger partial charge on any atom is -0.481 e. The normalized spacial score (nSPS) is 16.3. The monoisotopic (exact) mass is 399 g/mol. The Bertz CT molecular complexity index is 550. The Morgan fingerprint density at radius 2 is 2.04 bits per heavy atom. The van der Waals surface area contributed by atoms with Gasteiger partial charge in [-0.25, -0.2) is 0 Å². The molecular weight excluding hydrogens is 378 g/mol. The van der Waals surface area contributed by atoms with Gasteiger partial charge in [0.2, 0.25) is 0 Å². The Balaban J connectivity index is 1.71. The highest BCUT2D eigenvalue weighted by Crippen LogP contribution is 2.19. The largest absolute Gasteiger partial charge is 0.481 e. The number of carbonyl (C=O) groups is 1. The van der Waals surface area contributed by atoms with Gasteiger partial charge in [-0.3, -0.25) is 15.6 Å². The second-order valence-corrected chi connectivity index (χ2v) is 6.96. The summed E-state index contributed by atoms with van der Waals surface area (Å²) in [5.41, 5.74) is 5.32. The summed E-state index contributed by atoms with van der Waals surface area (Å²) in [5, 5.41) is 3.67. The fourth-order valence-electron chi connectivity index (χ4n) is 2.49. The molecule has 0 unspecified atom stereocenters. The third-order valence-corrected chi connectivity index (χ3v) is 4.43. The first-order valence-corrected chi connectivity index (χ1v) is 9.03. The van der Waals surface area contributed by atoms with E-state index in [1.54, 1.807) is 13.0 Å². The van der Waals surface area contributed by atoms with Crippen molar-refractivity contribution in [2.24, 2.45) is 0 Å². The van der Waals surface area contributed by atoms with E-state index in [0.717, 1.165) is 17.3 Å². The lowest BCUT2D eigenvalue weighted by molar-refractivity contribution is -0.127. The Hall–Kier alpha value is -1.34. The zero-order valence-electron chi connectivity index (χ0n) is 13.1. The van der Waals surface area contributed by atoms with Crippen molar-refractivity contribution in [3.8, 4) is 5.75 Å². The summed E-state index contributed by atoms with van der Waals surface area (Å²) in [6.07, 6.45) is 5.36. The fourth-order valence-corrected chi connectivity index (χ4v) is 3.08. The molecule has 1 aromatic carbocycles. The minimum absolute atomic E-state index is 0.280. The lowest BCUT2D eigenvalue weighted by Crippen LogP contribution is -2.52. The van der Waals surface area contributed by atoms with Gasteiger partial charge in [-0.2, -0.15) is 0 Å². The van der Waals surface area contributed by atoms with E-state index in [9.17, 15) is 4.79 Å². The number of rotatable bonds is 4. The number of thiocarbonyl (C=S) groups is 1. The maximum atomic E-state index is 12.0. The molecule has 1 aliphatic carbocycles. The third kappa shape index (κ3) is 6.35. The topological polar surface area (TPSA) is 62.4 Å². The number of benzene rings is 1. The fraction of sp³-hybridized carbons (Fsp3) is 0.500. The first-order chi connectivity index (χ1) is 11.0. The van der Waals surface area contributed by atoms with Crippen LogP contribution < -0.4 is 20.9 Å². The average molecular weight is 400 g/mol. The molecule has 1 atom stereocenters. The zero-order valence-corrected chi connectivity index (χ0v) is 15.5. The third-order valence-electron chi connectivity index (χ3n) is 3.72. The molecular formula is C16H22BrN3O2S. The first kappa shape index (κ1) is 18.0. The number of nitrogens with one attached hydrogen (secondary N) is 3. The smallest absolute Gasteiger partial charge is 0.279 e. The van der Waals surface area contributed by atoms with Gasteiger partial charge >= 0.3 is 0 Å². The molecule has 126 valence electrons. The summed E-state index contributed by atoms with van der Waals surface area (Å²) in [6.45, 7) is 1.69. The van der Waals surface area contributed by atoms with Gasteiger partial charge in [-0.15, -0.1) is 0 Å². The molecule has 0 spiro atoms. The van der Waals surface area contributed by atoms with Crippen LogP contribution in [-0.2, 0) is 4.79 Å². The van der Waals surface area contributed by atoms with Crippen LogP contribution in [0.5, 0.6) is 5.75 Å². The molecule has 3 N–H and O–H groups in total. The molecule has 0 bridgehead atoms. The highest BCUT2D eigenvalue weighted by molar-refractivity contribution is 9.10. The van der Waals surface area contributed by atoms with Crippen molar-refractivity contribution < 1.29 is 9.53 Å². The number of amides is 1. The van der Waals surface area contributed by atoms with E-state index in [1.165, 1.54) is 19.3 Å². The van der Waals surface area contributed by atoms with Crippen LogP contribution in [0.15, 0.2) is 28.7 Å². The van der Waals surface area contributed by atoms with Crippen LogP contribution >= 0.6 is 28.1 Å². The van der Waals surface area contributed by atoms with Crippen molar-refractivity contribution in [3.05, 3.63) is 28.7 Å². The van der Waals surface area contributed by atoms with Crippen LogP contribution in [0.3, 0.4) is 0 Å². The molecule has 7 heteroatoms. The summed E-state index contributed by atoms with van der Waals surface area (Å²) in [6, 6.07) is 7.76. The summed E-state index contributed by atoms with van der Waals surface area (Å²) in [4.78, 5) is 12.0. The van der Waals surface area contributed by atoms with Crippen molar-refractivity contribution >= 4 is 39.2 Å².